The van der Waals surface area contributed by atoms with Gasteiger partial charge in [-0.25, -0.2) is 8.78 Å². The van der Waals surface area contributed by atoms with Crippen LogP contribution in [0.25, 0.3) is 10.8 Å². The van der Waals surface area contributed by atoms with Gasteiger partial charge in [0.15, 0.2) is 0 Å². The van der Waals surface area contributed by atoms with Gasteiger partial charge >= 0.3 is 0 Å². The van der Waals surface area contributed by atoms with Crippen molar-refractivity contribution in [2.45, 2.75) is 19.4 Å². The van der Waals surface area contributed by atoms with Gasteiger partial charge in [0, 0.05) is 23.0 Å². The summed E-state index contributed by atoms with van der Waals surface area (Å²) in [5.74, 6) is -2.85. The fourth-order valence-electron chi connectivity index (χ4n) is 2.90. The van der Waals surface area contributed by atoms with Gasteiger partial charge in [-0.2, -0.15) is 0 Å². The molecule has 0 aliphatic heterocycles. The Labute approximate surface area is 168 Å². The Morgan fingerprint density at radius 3 is 2.55 bits per heavy atom. The molecule has 0 aliphatic rings. The largest absolute Gasteiger partial charge is 0.368 e. The van der Waals surface area contributed by atoms with Crippen LogP contribution in [0.4, 0.5) is 14.5 Å². The van der Waals surface area contributed by atoms with E-state index in [4.69, 9.17) is 17.3 Å². The molecule has 9 heteroatoms. The maximum Gasteiger partial charge on any atom is 0.259 e. The third-order valence-electron chi connectivity index (χ3n) is 4.52. The molecule has 3 aromatic rings. The van der Waals surface area contributed by atoms with Crippen molar-refractivity contribution in [3.8, 4) is 0 Å². The van der Waals surface area contributed by atoms with Gasteiger partial charge in [-0.15, -0.1) is 0 Å². The summed E-state index contributed by atoms with van der Waals surface area (Å²) in [5.41, 5.74) is 4.97. The second-order valence-corrected chi connectivity index (χ2v) is 6.86. The van der Waals surface area contributed by atoms with Crippen LogP contribution in [0.1, 0.15) is 18.5 Å². The minimum atomic E-state index is -0.859. The Morgan fingerprint density at radius 2 is 1.90 bits per heavy atom. The SMILES string of the molecule is C[C@H](C(N)=O)n1ccc2c(NC(=O)Cc3ccc(F)cc3F)c(Cl)ccc2c1=O. The smallest absolute Gasteiger partial charge is 0.259 e. The van der Waals surface area contributed by atoms with Gasteiger partial charge in [-0.1, -0.05) is 17.7 Å². The van der Waals surface area contributed by atoms with Crippen LogP contribution in [0.15, 0.2) is 47.4 Å². The van der Waals surface area contributed by atoms with Crippen molar-refractivity contribution in [1.29, 1.82) is 0 Å². The summed E-state index contributed by atoms with van der Waals surface area (Å²) in [5, 5.41) is 3.31. The summed E-state index contributed by atoms with van der Waals surface area (Å²) in [4.78, 5) is 36.5. The molecule has 150 valence electrons. The lowest BCUT2D eigenvalue weighted by Crippen LogP contribution is -2.31. The summed E-state index contributed by atoms with van der Waals surface area (Å²) in [6, 6.07) is 6.49. The second-order valence-electron chi connectivity index (χ2n) is 6.45. The summed E-state index contributed by atoms with van der Waals surface area (Å²) >= 11 is 6.19. The topological polar surface area (TPSA) is 94.2 Å². The fraction of sp³-hybridized carbons (Fsp3) is 0.150. The standard InChI is InChI=1S/C20H16ClF2N3O3/c1-10(19(24)28)26-7-6-13-14(20(26)29)4-5-15(21)18(13)25-17(27)8-11-2-3-12(22)9-16(11)23/h2-7,9-10H,8H2,1H3,(H2,24,28)(H,25,27)/t10-/m1/s1. The van der Waals surface area contributed by atoms with Gasteiger partial charge in [0.05, 0.1) is 17.1 Å². The summed E-state index contributed by atoms with van der Waals surface area (Å²) in [6.07, 6.45) is 1.03. The van der Waals surface area contributed by atoms with E-state index in [0.717, 1.165) is 6.07 Å². The molecule has 6 nitrogen and oxygen atoms in total. The van der Waals surface area contributed by atoms with Gasteiger partial charge in [0.25, 0.3) is 5.56 Å². The first-order chi connectivity index (χ1) is 13.7. The van der Waals surface area contributed by atoms with Crippen molar-refractivity contribution < 1.29 is 18.4 Å². The van der Waals surface area contributed by atoms with Crippen LogP contribution in [0, 0.1) is 11.6 Å². The molecule has 0 unspecified atom stereocenters. The van der Waals surface area contributed by atoms with Gasteiger partial charge in [0.1, 0.15) is 17.7 Å². The molecule has 2 amide bonds. The van der Waals surface area contributed by atoms with Crippen molar-refractivity contribution in [2.24, 2.45) is 5.73 Å². The predicted octanol–water partition coefficient (Wildman–Crippen LogP) is 3.16. The highest BCUT2D eigenvalue weighted by Gasteiger charge is 2.18. The lowest BCUT2D eigenvalue weighted by Gasteiger charge is -2.15. The lowest BCUT2D eigenvalue weighted by atomic mass is 10.1. The molecule has 0 saturated heterocycles. The Hall–Kier alpha value is -3.26. The van der Waals surface area contributed by atoms with Crippen molar-refractivity contribution >= 4 is 39.9 Å². The number of nitrogens with zero attached hydrogens (tertiary/aromatic N) is 1. The second kappa shape index (κ2) is 8.00. The van der Waals surface area contributed by atoms with Gasteiger partial charge < -0.3 is 15.6 Å². The maximum atomic E-state index is 13.8. The molecule has 0 spiro atoms. The number of nitrogens with two attached hydrogens (primary N) is 1. The minimum Gasteiger partial charge on any atom is -0.368 e. The summed E-state index contributed by atoms with van der Waals surface area (Å²) in [6.45, 7) is 1.49. The average molecular weight is 420 g/mol. The number of amides is 2. The summed E-state index contributed by atoms with van der Waals surface area (Å²) in [7, 11) is 0. The van der Waals surface area contributed by atoms with Crippen LogP contribution in [0.5, 0.6) is 0 Å². The first kappa shape index (κ1) is 20.5. The Balaban J connectivity index is 1.97. The van der Waals surface area contributed by atoms with E-state index in [-0.39, 0.29) is 28.1 Å². The number of nitrogens with one attached hydrogen (secondary N) is 1. The fourth-order valence-corrected chi connectivity index (χ4v) is 3.12. The number of carbonyl (C=O) groups is 2. The molecule has 1 atom stereocenters. The van der Waals surface area contributed by atoms with E-state index in [9.17, 15) is 23.2 Å². The molecule has 29 heavy (non-hydrogen) atoms. The van der Waals surface area contributed by atoms with E-state index >= 15 is 0 Å². The zero-order valence-electron chi connectivity index (χ0n) is 15.2. The van der Waals surface area contributed by atoms with Crippen LogP contribution < -0.4 is 16.6 Å². The molecule has 0 aliphatic carbocycles. The molecule has 0 bridgehead atoms. The van der Waals surface area contributed by atoms with E-state index in [2.05, 4.69) is 5.32 Å². The van der Waals surface area contributed by atoms with Gasteiger partial charge in [-0.3, -0.25) is 14.4 Å². The van der Waals surface area contributed by atoms with Gasteiger partial charge in [0.2, 0.25) is 11.8 Å². The molecule has 0 saturated carbocycles. The van der Waals surface area contributed by atoms with Crippen LogP contribution in [0.3, 0.4) is 0 Å². The third kappa shape index (κ3) is 4.12. The van der Waals surface area contributed by atoms with Crippen molar-refractivity contribution in [2.75, 3.05) is 5.32 Å². The van der Waals surface area contributed by atoms with E-state index in [1.165, 1.54) is 42.0 Å². The molecule has 0 radical (unpaired) electrons. The van der Waals surface area contributed by atoms with E-state index in [1.807, 2.05) is 0 Å². The van der Waals surface area contributed by atoms with E-state index in [1.54, 1.807) is 0 Å². The monoisotopic (exact) mass is 419 g/mol. The molecule has 1 heterocycles. The van der Waals surface area contributed by atoms with E-state index < -0.39 is 35.0 Å². The van der Waals surface area contributed by atoms with Crippen LogP contribution in [-0.2, 0) is 16.0 Å². The number of primary amides is 1. The average Bonchev–Trinajstić information content (AvgIpc) is 2.66. The Kier molecular flexibility index (Phi) is 5.65. The Bertz CT molecular complexity index is 1190. The van der Waals surface area contributed by atoms with Crippen LogP contribution >= 0.6 is 11.6 Å². The molecule has 2 aromatic carbocycles. The zero-order chi connectivity index (χ0) is 21.3. The number of hydrogen-bond acceptors (Lipinski definition) is 3. The molecule has 1 aromatic heterocycles. The minimum absolute atomic E-state index is 0.0119. The molecular weight excluding hydrogens is 404 g/mol. The number of benzene rings is 2. The van der Waals surface area contributed by atoms with E-state index in [0.29, 0.717) is 11.5 Å². The first-order valence-electron chi connectivity index (χ1n) is 8.55. The highest BCUT2D eigenvalue weighted by molar-refractivity contribution is 6.35. The molecule has 0 fully saturated rings. The molecule has 3 rings (SSSR count). The van der Waals surface area contributed by atoms with Crippen molar-refractivity contribution in [1.82, 2.24) is 4.57 Å². The maximum absolute atomic E-state index is 13.8. The van der Waals surface area contributed by atoms with Gasteiger partial charge in [-0.05, 0) is 36.8 Å². The number of carbonyl (C=O) groups excluding carboxylic acids is 2. The zero-order valence-corrected chi connectivity index (χ0v) is 16.0. The van der Waals surface area contributed by atoms with Crippen molar-refractivity contribution in [3.63, 3.8) is 0 Å². The number of rotatable bonds is 5. The van der Waals surface area contributed by atoms with Crippen LogP contribution in [-0.4, -0.2) is 16.4 Å². The quantitative estimate of drug-likeness (QED) is 0.665. The number of hydrogen-bond donors (Lipinski definition) is 2. The number of aromatic nitrogens is 1. The predicted molar refractivity (Wildman–Crippen MR) is 106 cm³/mol. The number of fused-ring (bicyclic) bond motifs is 1. The Morgan fingerprint density at radius 1 is 1.17 bits per heavy atom. The lowest BCUT2D eigenvalue weighted by molar-refractivity contribution is -0.120. The number of halogens is 3. The summed E-state index contributed by atoms with van der Waals surface area (Å²) < 4.78 is 28.0. The highest BCUT2D eigenvalue weighted by atomic mass is 35.5. The highest BCUT2D eigenvalue weighted by Crippen LogP contribution is 2.30. The normalized spacial score (nSPS) is 12.0. The van der Waals surface area contributed by atoms with Crippen LogP contribution in [0.2, 0.25) is 5.02 Å². The number of anilines is 1. The first-order valence-corrected chi connectivity index (χ1v) is 8.93. The van der Waals surface area contributed by atoms with Crippen molar-refractivity contribution in [3.05, 3.63) is 75.2 Å². The molecule has 3 N–H and O–H groups in total. The third-order valence-corrected chi connectivity index (χ3v) is 4.84. The molecular formula is C20H16ClF2N3O3. The number of pyridine rings is 1.